The van der Waals surface area contributed by atoms with E-state index in [9.17, 15) is 14.4 Å². The van der Waals surface area contributed by atoms with Crippen molar-refractivity contribution in [1.82, 2.24) is 4.57 Å². The Hall–Kier alpha value is -3.19. The van der Waals surface area contributed by atoms with Gasteiger partial charge in [-0.1, -0.05) is 6.08 Å². The van der Waals surface area contributed by atoms with Crippen molar-refractivity contribution in [2.24, 2.45) is 0 Å². The van der Waals surface area contributed by atoms with E-state index < -0.39 is 0 Å². The van der Waals surface area contributed by atoms with Crippen LogP contribution in [0.3, 0.4) is 0 Å². The average Bonchev–Trinajstić information content (AvgIpc) is 2.97. The zero-order chi connectivity index (χ0) is 22.3. The van der Waals surface area contributed by atoms with Crippen molar-refractivity contribution >= 4 is 29.0 Å². The molecule has 1 aromatic carbocycles. The second-order valence-corrected chi connectivity index (χ2v) is 7.37. The van der Waals surface area contributed by atoms with E-state index in [0.717, 1.165) is 16.3 Å². The number of Topliss-reactive ketones (excluding diaryl/α,β-unsaturated/α-hetero) is 1. The number of hydrogen-bond donors (Lipinski definition) is 3. The van der Waals surface area contributed by atoms with Crippen LogP contribution in [0.25, 0.3) is 0 Å². The number of anilines is 2. The first-order valence-corrected chi connectivity index (χ1v) is 10.1. The lowest BCUT2D eigenvalue weighted by molar-refractivity contribution is -0.881. The van der Waals surface area contributed by atoms with Crippen molar-refractivity contribution in [3.8, 4) is 0 Å². The molecule has 1 heterocycles. The van der Waals surface area contributed by atoms with Crippen LogP contribution in [0.5, 0.6) is 0 Å². The molecule has 1 unspecified atom stereocenters. The molecule has 0 saturated heterocycles. The smallest absolute Gasteiger partial charge is 0.279 e. The molecule has 2 rings (SSSR count). The fourth-order valence-electron chi connectivity index (χ4n) is 3.40. The van der Waals surface area contributed by atoms with Crippen LogP contribution < -0.4 is 15.5 Å². The molecule has 0 aliphatic carbocycles. The number of benzene rings is 1. The van der Waals surface area contributed by atoms with E-state index in [2.05, 4.69) is 21.8 Å². The molecular formula is C23H31N4O3+. The van der Waals surface area contributed by atoms with Crippen LogP contribution in [0.2, 0.25) is 0 Å². The number of nitrogens with zero attached hydrogens (tertiary/aromatic N) is 1. The predicted octanol–water partition coefficient (Wildman–Crippen LogP) is 1.98. The number of carbonyl (C=O) groups excluding carboxylic acids is 3. The maximum absolute atomic E-state index is 12.8. The molecule has 0 bridgehead atoms. The summed E-state index contributed by atoms with van der Waals surface area (Å²) in [7, 11) is 0. The van der Waals surface area contributed by atoms with Gasteiger partial charge in [-0.2, -0.15) is 0 Å². The number of amides is 2. The molecule has 0 fully saturated rings. The molecule has 1 atom stereocenters. The number of quaternary nitrogens is 1. The third-order valence-corrected chi connectivity index (χ3v) is 5.00. The van der Waals surface area contributed by atoms with E-state index in [1.165, 1.54) is 6.92 Å². The molecule has 0 spiro atoms. The molecule has 30 heavy (non-hydrogen) atoms. The minimum absolute atomic E-state index is 0.0303. The lowest BCUT2D eigenvalue weighted by Gasteiger charge is -2.17. The van der Waals surface area contributed by atoms with Gasteiger partial charge in [0, 0.05) is 41.8 Å². The third-order valence-electron chi connectivity index (χ3n) is 5.00. The summed E-state index contributed by atoms with van der Waals surface area (Å²) in [5.41, 5.74) is 3.96. The largest absolute Gasteiger partial charge is 0.345 e. The van der Waals surface area contributed by atoms with Crippen molar-refractivity contribution in [1.29, 1.82) is 0 Å². The summed E-state index contributed by atoms with van der Waals surface area (Å²) >= 11 is 0. The van der Waals surface area contributed by atoms with E-state index in [-0.39, 0.29) is 30.7 Å². The van der Waals surface area contributed by atoms with E-state index in [1.807, 2.05) is 32.9 Å². The topological polar surface area (TPSA) is 84.6 Å². The number of ketones is 1. The van der Waals surface area contributed by atoms with Gasteiger partial charge in [-0.15, -0.1) is 6.58 Å². The Balaban J connectivity index is 1.97. The number of rotatable bonds is 10. The highest BCUT2D eigenvalue weighted by molar-refractivity contribution is 5.98. The molecule has 2 amide bonds. The number of aromatic nitrogens is 1. The third kappa shape index (κ3) is 6.15. The van der Waals surface area contributed by atoms with Crippen molar-refractivity contribution in [3.63, 3.8) is 0 Å². The molecule has 0 radical (unpaired) electrons. The average molecular weight is 412 g/mol. The monoisotopic (exact) mass is 411 g/mol. The first-order valence-electron chi connectivity index (χ1n) is 10.1. The normalized spacial score (nSPS) is 11.6. The molecule has 1 aromatic heterocycles. The van der Waals surface area contributed by atoms with Crippen molar-refractivity contribution in [2.75, 3.05) is 30.3 Å². The highest BCUT2D eigenvalue weighted by atomic mass is 16.2. The number of carbonyl (C=O) groups is 3. The molecule has 7 nitrogen and oxygen atoms in total. The summed E-state index contributed by atoms with van der Waals surface area (Å²) in [5.74, 6) is -0.282. The van der Waals surface area contributed by atoms with Gasteiger partial charge in [0.15, 0.2) is 6.54 Å². The molecule has 2 aromatic rings. The molecule has 0 aliphatic rings. The molecule has 3 N–H and O–H groups in total. The van der Waals surface area contributed by atoms with Crippen LogP contribution in [0.15, 0.2) is 43.0 Å². The second-order valence-electron chi connectivity index (χ2n) is 7.37. The van der Waals surface area contributed by atoms with Gasteiger partial charge in [-0.3, -0.25) is 14.4 Å². The lowest BCUT2D eigenvalue weighted by Crippen LogP contribution is -3.13. The van der Waals surface area contributed by atoms with Gasteiger partial charge in [0.25, 0.3) is 5.91 Å². The van der Waals surface area contributed by atoms with E-state index in [4.69, 9.17) is 0 Å². The maximum Gasteiger partial charge on any atom is 0.279 e. The summed E-state index contributed by atoms with van der Waals surface area (Å²) in [6.07, 6.45) is 1.81. The highest BCUT2D eigenvalue weighted by Crippen LogP contribution is 2.15. The van der Waals surface area contributed by atoms with Gasteiger partial charge < -0.3 is 20.1 Å². The van der Waals surface area contributed by atoms with Gasteiger partial charge in [0.05, 0.1) is 6.54 Å². The zero-order valence-electron chi connectivity index (χ0n) is 18.2. The minimum Gasteiger partial charge on any atom is -0.345 e. The van der Waals surface area contributed by atoms with Gasteiger partial charge >= 0.3 is 0 Å². The van der Waals surface area contributed by atoms with Crippen LogP contribution in [0.4, 0.5) is 11.4 Å². The number of allylic oxidation sites excluding steroid dienone is 1. The Morgan fingerprint density at radius 1 is 1.07 bits per heavy atom. The fraction of sp³-hybridized carbons (Fsp3) is 0.348. The predicted molar refractivity (Wildman–Crippen MR) is 119 cm³/mol. The van der Waals surface area contributed by atoms with Crippen LogP contribution in [0.1, 0.15) is 35.6 Å². The summed E-state index contributed by atoms with van der Waals surface area (Å²) in [6, 6.07) is 8.82. The van der Waals surface area contributed by atoms with Crippen LogP contribution in [0, 0.1) is 13.8 Å². The summed E-state index contributed by atoms with van der Waals surface area (Å²) in [6.45, 7) is 12.8. The molecule has 0 saturated carbocycles. The SMILES string of the molecule is C=CCn1c(C)cc(C(=O)C[NH+](CC)CC(=O)Nc2ccc(NC(C)=O)cc2)c1C. The van der Waals surface area contributed by atoms with Crippen molar-refractivity contribution in [3.05, 3.63) is 59.9 Å². The molecule has 0 aliphatic heterocycles. The van der Waals surface area contributed by atoms with E-state index in [0.29, 0.717) is 30.0 Å². The van der Waals surface area contributed by atoms with E-state index >= 15 is 0 Å². The summed E-state index contributed by atoms with van der Waals surface area (Å²) in [4.78, 5) is 37.3. The standard InChI is InChI=1S/C23H30N4O3/c1-6-12-27-16(3)13-21(17(27)4)22(29)14-26(7-2)15-23(30)25-20-10-8-19(9-11-20)24-18(5)28/h6,8-11,13H,1,7,12,14-15H2,2-5H3,(H,24,28)(H,25,30)/p+1. The number of hydrogen-bond acceptors (Lipinski definition) is 3. The Morgan fingerprint density at radius 3 is 2.20 bits per heavy atom. The fourth-order valence-corrected chi connectivity index (χ4v) is 3.40. The van der Waals surface area contributed by atoms with Crippen LogP contribution in [-0.4, -0.2) is 41.8 Å². The van der Waals surface area contributed by atoms with E-state index in [1.54, 1.807) is 24.3 Å². The zero-order valence-corrected chi connectivity index (χ0v) is 18.2. The Morgan fingerprint density at radius 2 is 1.67 bits per heavy atom. The van der Waals surface area contributed by atoms with Gasteiger partial charge in [0.1, 0.15) is 6.54 Å². The Bertz CT molecular complexity index is 929. The molecular weight excluding hydrogens is 380 g/mol. The molecule has 7 heteroatoms. The van der Waals surface area contributed by atoms with Crippen molar-refractivity contribution < 1.29 is 19.3 Å². The Kier molecular flexibility index (Phi) is 8.12. The lowest BCUT2D eigenvalue weighted by atomic mass is 10.1. The first kappa shape index (κ1) is 23.1. The van der Waals surface area contributed by atoms with Crippen molar-refractivity contribution in [2.45, 2.75) is 34.2 Å². The van der Waals surface area contributed by atoms with Crippen LogP contribution in [-0.2, 0) is 16.1 Å². The van der Waals surface area contributed by atoms with Gasteiger partial charge in [0.2, 0.25) is 11.7 Å². The summed E-state index contributed by atoms with van der Waals surface area (Å²) in [5, 5.41) is 5.52. The Labute approximate surface area is 177 Å². The number of likely N-dealkylation sites (N-methyl/N-ethyl adjacent to an activating group) is 1. The molecule has 160 valence electrons. The van der Waals surface area contributed by atoms with Crippen LogP contribution >= 0.6 is 0 Å². The number of aryl methyl sites for hydroxylation is 1. The van der Waals surface area contributed by atoms with Gasteiger partial charge in [-0.05, 0) is 51.1 Å². The minimum atomic E-state index is -0.163. The second kappa shape index (κ2) is 10.5. The first-order chi connectivity index (χ1) is 14.2. The maximum atomic E-state index is 12.8. The summed E-state index contributed by atoms with van der Waals surface area (Å²) < 4.78 is 2.06. The highest BCUT2D eigenvalue weighted by Gasteiger charge is 2.21. The number of nitrogens with one attached hydrogen (secondary N) is 3. The van der Waals surface area contributed by atoms with Gasteiger partial charge in [-0.25, -0.2) is 0 Å². The quantitative estimate of drug-likeness (QED) is 0.413.